The van der Waals surface area contributed by atoms with Gasteiger partial charge in [0.25, 0.3) is 0 Å². The first-order chi connectivity index (χ1) is 8.49. The summed E-state index contributed by atoms with van der Waals surface area (Å²) in [5, 5.41) is 8.93. The zero-order valence-corrected chi connectivity index (χ0v) is 11.5. The standard InChI is InChI=1S/C13H18N2O2S/c1-3-4-5-12(10-14)15-18(16,17)13-8-6-11(2)7-9-13/h6-9,12,15H,3-5H2,1-2H3. The molecule has 0 saturated heterocycles. The van der Waals surface area contributed by atoms with E-state index < -0.39 is 16.1 Å². The highest BCUT2D eigenvalue weighted by molar-refractivity contribution is 7.89. The van der Waals surface area contributed by atoms with Crippen molar-refractivity contribution >= 4 is 10.0 Å². The smallest absolute Gasteiger partial charge is 0.207 e. The highest BCUT2D eigenvalue weighted by atomic mass is 32.2. The third-order valence-electron chi connectivity index (χ3n) is 2.63. The van der Waals surface area contributed by atoms with Crippen LogP contribution in [0.5, 0.6) is 0 Å². The number of sulfonamides is 1. The van der Waals surface area contributed by atoms with E-state index in [-0.39, 0.29) is 4.90 Å². The van der Waals surface area contributed by atoms with Gasteiger partial charge in [-0.25, -0.2) is 8.42 Å². The van der Waals surface area contributed by atoms with Gasteiger partial charge in [0, 0.05) is 0 Å². The highest BCUT2D eigenvalue weighted by Gasteiger charge is 2.19. The molecule has 0 heterocycles. The van der Waals surface area contributed by atoms with Crippen molar-refractivity contribution < 1.29 is 8.42 Å². The molecular formula is C13H18N2O2S. The van der Waals surface area contributed by atoms with Crippen LogP contribution >= 0.6 is 0 Å². The van der Waals surface area contributed by atoms with Crippen LogP contribution in [0.2, 0.25) is 0 Å². The van der Waals surface area contributed by atoms with Crippen LogP contribution in [0.25, 0.3) is 0 Å². The molecule has 1 rings (SSSR count). The molecule has 0 amide bonds. The van der Waals surface area contributed by atoms with Crippen LogP contribution in [0.1, 0.15) is 31.7 Å². The minimum absolute atomic E-state index is 0.199. The van der Waals surface area contributed by atoms with Crippen molar-refractivity contribution in [3.8, 4) is 6.07 Å². The average Bonchev–Trinajstić information content (AvgIpc) is 2.35. The molecule has 0 aliphatic rings. The summed E-state index contributed by atoms with van der Waals surface area (Å²) in [4.78, 5) is 0.199. The van der Waals surface area contributed by atoms with Gasteiger partial charge in [-0.05, 0) is 25.5 Å². The van der Waals surface area contributed by atoms with Crippen molar-refractivity contribution in [2.24, 2.45) is 0 Å². The molecule has 18 heavy (non-hydrogen) atoms. The second-order valence-corrected chi connectivity index (χ2v) is 5.97. The molecule has 4 nitrogen and oxygen atoms in total. The Kier molecular flexibility index (Phi) is 5.32. The number of rotatable bonds is 6. The SMILES string of the molecule is CCCCC(C#N)NS(=O)(=O)c1ccc(C)cc1. The van der Waals surface area contributed by atoms with Gasteiger partial charge in [-0.15, -0.1) is 0 Å². The number of benzene rings is 1. The van der Waals surface area contributed by atoms with Crippen molar-refractivity contribution in [3.63, 3.8) is 0 Å². The van der Waals surface area contributed by atoms with Gasteiger partial charge in [-0.3, -0.25) is 0 Å². The Balaban J connectivity index is 2.81. The molecule has 0 aliphatic heterocycles. The number of hydrogen-bond acceptors (Lipinski definition) is 3. The second-order valence-electron chi connectivity index (χ2n) is 4.26. The first-order valence-electron chi connectivity index (χ1n) is 5.98. The van der Waals surface area contributed by atoms with E-state index in [2.05, 4.69) is 4.72 Å². The number of unbranched alkanes of at least 4 members (excludes halogenated alkanes) is 1. The lowest BCUT2D eigenvalue weighted by molar-refractivity contribution is 0.557. The van der Waals surface area contributed by atoms with Crippen LogP contribution in [0.15, 0.2) is 29.2 Å². The topological polar surface area (TPSA) is 70.0 Å². The molecule has 0 radical (unpaired) electrons. The van der Waals surface area contributed by atoms with E-state index in [1.165, 1.54) is 0 Å². The van der Waals surface area contributed by atoms with Gasteiger partial charge in [0.05, 0.1) is 11.0 Å². The van der Waals surface area contributed by atoms with E-state index in [1.54, 1.807) is 24.3 Å². The maximum Gasteiger partial charge on any atom is 0.241 e. The Labute approximate surface area is 109 Å². The first kappa shape index (κ1) is 14.7. The summed E-state index contributed by atoms with van der Waals surface area (Å²) in [5.74, 6) is 0. The lowest BCUT2D eigenvalue weighted by atomic mass is 10.1. The minimum atomic E-state index is -3.59. The molecule has 0 bridgehead atoms. The summed E-state index contributed by atoms with van der Waals surface area (Å²) in [6.07, 6.45) is 2.30. The third-order valence-corrected chi connectivity index (χ3v) is 4.12. The van der Waals surface area contributed by atoms with Crippen molar-refractivity contribution in [2.45, 2.75) is 44.0 Å². The van der Waals surface area contributed by atoms with Gasteiger partial charge in [0.2, 0.25) is 10.0 Å². The molecule has 98 valence electrons. The number of nitrogens with one attached hydrogen (secondary N) is 1. The number of aryl methyl sites for hydroxylation is 1. The summed E-state index contributed by atoms with van der Waals surface area (Å²) in [6, 6.07) is 7.90. The van der Waals surface area contributed by atoms with E-state index in [9.17, 15) is 8.42 Å². The van der Waals surface area contributed by atoms with Crippen molar-refractivity contribution in [2.75, 3.05) is 0 Å². The van der Waals surface area contributed by atoms with Gasteiger partial charge in [-0.2, -0.15) is 9.98 Å². The van der Waals surface area contributed by atoms with Gasteiger partial charge < -0.3 is 0 Å². The van der Waals surface area contributed by atoms with Gasteiger partial charge in [0.1, 0.15) is 6.04 Å². The summed E-state index contributed by atoms with van der Waals surface area (Å²) in [6.45, 7) is 3.89. The number of nitrogens with zero attached hydrogens (tertiary/aromatic N) is 1. The van der Waals surface area contributed by atoms with Crippen molar-refractivity contribution in [1.82, 2.24) is 4.72 Å². The fourth-order valence-corrected chi connectivity index (χ4v) is 2.71. The van der Waals surface area contributed by atoms with Crippen molar-refractivity contribution in [1.29, 1.82) is 5.26 Å². The number of hydrogen-bond donors (Lipinski definition) is 1. The molecule has 1 N–H and O–H groups in total. The second kappa shape index (κ2) is 6.53. The summed E-state index contributed by atoms with van der Waals surface area (Å²) >= 11 is 0. The van der Waals surface area contributed by atoms with Crippen LogP contribution in [0, 0.1) is 18.3 Å². The Morgan fingerprint density at radius 3 is 2.44 bits per heavy atom. The average molecular weight is 266 g/mol. The van der Waals surface area contributed by atoms with Gasteiger partial charge >= 0.3 is 0 Å². The van der Waals surface area contributed by atoms with Crippen LogP contribution in [-0.4, -0.2) is 14.5 Å². The Bertz CT molecular complexity index is 515. The molecule has 0 aromatic heterocycles. The van der Waals surface area contributed by atoms with Gasteiger partial charge in [0.15, 0.2) is 0 Å². The predicted octanol–water partition coefficient (Wildman–Crippen LogP) is 2.36. The molecule has 5 heteroatoms. The molecule has 0 fully saturated rings. The summed E-state index contributed by atoms with van der Waals surface area (Å²) in [5.41, 5.74) is 0.997. The monoisotopic (exact) mass is 266 g/mol. The normalized spacial score (nSPS) is 12.9. The van der Waals surface area contributed by atoms with E-state index in [0.29, 0.717) is 6.42 Å². The molecular weight excluding hydrogens is 248 g/mol. The Morgan fingerprint density at radius 2 is 1.94 bits per heavy atom. The maximum atomic E-state index is 12.0. The molecule has 0 aliphatic carbocycles. The lowest BCUT2D eigenvalue weighted by Gasteiger charge is -2.11. The van der Waals surface area contributed by atoms with E-state index in [1.807, 2.05) is 19.9 Å². The lowest BCUT2D eigenvalue weighted by Crippen LogP contribution is -2.33. The minimum Gasteiger partial charge on any atom is -0.207 e. The molecule has 1 unspecified atom stereocenters. The molecule has 0 spiro atoms. The van der Waals surface area contributed by atoms with Crippen LogP contribution < -0.4 is 4.72 Å². The van der Waals surface area contributed by atoms with Gasteiger partial charge in [-0.1, -0.05) is 37.5 Å². The molecule has 0 saturated carbocycles. The Hall–Kier alpha value is -1.38. The largest absolute Gasteiger partial charge is 0.241 e. The van der Waals surface area contributed by atoms with E-state index in [4.69, 9.17) is 5.26 Å². The summed E-state index contributed by atoms with van der Waals surface area (Å²) < 4.78 is 26.5. The van der Waals surface area contributed by atoms with E-state index >= 15 is 0 Å². The third kappa shape index (κ3) is 4.13. The molecule has 1 aromatic carbocycles. The van der Waals surface area contributed by atoms with Crippen LogP contribution in [-0.2, 0) is 10.0 Å². The predicted molar refractivity (Wildman–Crippen MR) is 70.4 cm³/mol. The van der Waals surface area contributed by atoms with E-state index in [0.717, 1.165) is 18.4 Å². The fourth-order valence-electron chi connectivity index (χ4n) is 1.53. The molecule has 1 aromatic rings. The van der Waals surface area contributed by atoms with Crippen molar-refractivity contribution in [3.05, 3.63) is 29.8 Å². The summed E-state index contributed by atoms with van der Waals surface area (Å²) in [7, 11) is -3.59. The maximum absolute atomic E-state index is 12.0. The zero-order valence-electron chi connectivity index (χ0n) is 10.7. The van der Waals surface area contributed by atoms with Crippen LogP contribution in [0.3, 0.4) is 0 Å². The quantitative estimate of drug-likeness (QED) is 0.859. The molecule has 1 atom stereocenters. The fraction of sp³-hybridized carbons (Fsp3) is 0.462. The highest BCUT2D eigenvalue weighted by Crippen LogP contribution is 2.11. The Morgan fingerprint density at radius 1 is 1.33 bits per heavy atom. The first-order valence-corrected chi connectivity index (χ1v) is 7.46. The van der Waals surface area contributed by atoms with Crippen LogP contribution in [0.4, 0.5) is 0 Å². The zero-order chi connectivity index (χ0) is 13.6. The number of nitriles is 1.